The highest BCUT2D eigenvalue weighted by molar-refractivity contribution is 6.06. The fourth-order valence-electron chi connectivity index (χ4n) is 4.25. The van der Waals surface area contributed by atoms with Crippen molar-refractivity contribution >= 4 is 27.6 Å². The van der Waals surface area contributed by atoms with Crippen molar-refractivity contribution < 1.29 is 14.3 Å². The van der Waals surface area contributed by atoms with Gasteiger partial charge in [-0.2, -0.15) is 5.10 Å². The van der Waals surface area contributed by atoms with Gasteiger partial charge in [-0.25, -0.2) is 14.2 Å². The first-order valence-corrected chi connectivity index (χ1v) is 11.3. The summed E-state index contributed by atoms with van der Waals surface area (Å²) in [5.41, 5.74) is 2.46. The summed E-state index contributed by atoms with van der Waals surface area (Å²) in [4.78, 5) is 30.3. The molecule has 8 heteroatoms. The summed E-state index contributed by atoms with van der Waals surface area (Å²) in [5, 5.41) is 6.60. The number of aryl methyl sites for hydroxylation is 1. The summed E-state index contributed by atoms with van der Waals surface area (Å²) < 4.78 is 13.5. The van der Waals surface area contributed by atoms with E-state index in [9.17, 15) is 9.59 Å². The summed E-state index contributed by atoms with van der Waals surface area (Å²) in [5.74, 6) is 0.937. The number of hydrogen-bond donors (Lipinski definition) is 0. The van der Waals surface area contributed by atoms with E-state index in [2.05, 4.69) is 10.1 Å². The summed E-state index contributed by atoms with van der Waals surface area (Å²) in [7, 11) is 3.32. The Hall–Kier alpha value is -4.46. The van der Waals surface area contributed by atoms with Crippen LogP contribution in [0.4, 0.5) is 0 Å². The number of carbonyl (C=O) groups excluding carboxylic acids is 1. The van der Waals surface area contributed by atoms with E-state index >= 15 is 0 Å². The van der Waals surface area contributed by atoms with E-state index in [4.69, 9.17) is 9.47 Å². The van der Waals surface area contributed by atoms with Crippen LogP contribution in [-0.4, -0.2) is 32.4 Å². The van der Waals surface area contributed by atoms with Crippen LogP contribution in [0.15, 0.2) is 71.9 Å². The lowest BCUT2D eigenvalue weighted by atomic mass is 9.96. The fourth-order valence-corrected chi connectivity index (χ4v) is 4.25. The van der Waals surface area contributed by atoms with Crippen LogP contribution >= 0.6 is 0 Å². The van der Waals surface area contributed by atoms with Crippen molar-refractivity contribution in [1.29, 1.82) is 0 Å². The van der Waals surface area contributed by atoms with E-state index in [0.29, 0.717) is 23.1 Å². The summed E-state index contributed by atoms with van der Waals surface area (Å²) in [6.07, 6.45) is 3.73. The zero-order chi connectivity index (χ0) is 24.5. The number of hydrogen-bond acceptors (Lipinski definition) is 6. The highest BCUT2D eigenvalue weighted by Gasteiger charge is 2.19. The molecule has 0 aliphatic carbocycles. The van der Waals surface area contributed by atoms with E-state index in [1.54, 1.807) is 21.1 Å². The molecule has 5 aromatic rings. The van der Waals surface area contributed by atoms with E-state index < -0.39 is 5.97 Å². The largest absolute Gasteiger partial charge is 0.497 e. The minimum atomic E-state index is -0.409. The van der Waals surface area contributed by atoms with E-state index in [1.807, 2.05) is 54.6 Å². The van der Waals surface area contributed by atoms with E-state index in [1.165, 1.54) is 21.8 Å². The Kier molecular flexibility index (Phi) is 5.78. The molecule has 0 aliphatic heterocycles. The minimum absolute atomic E-state index is 0.208. The third-order valence-electron chi connectivity index (χ3n) is 6.02. The molecule has 0 spiro atoms. The van der Waals surface area contributed by atoms with Gasteiger partial charge in [-0.1, -0.05) is 43.3 Å². The zero-order valence-corrected chi connectivity index (χ0v) is 19.7. The number of ether oxygens (including phenoxy) is 2. The molecule has 0 saturated carbocycles. The van der Waals surface area contributed by atoms with Crippen LogP contribution in [0.25, 0.3) is 27.5 Å². The van der Waals surface area contributed by atoms with Crippen molar-refractivity contribution in [2.45, 2.75) is 19.8 Å². The molecule has 5 rings (SSSR count). The Labute approximate surface area is 201 Å². The molecule has 2 heterocycles. The first kappa shape index (κ1) is 22.3. The van der Waals surface area contributed by atoms with Gasteiger partial charge in [0.15, 0.2) is 11.6 Å². The molecule has 0 amide bonds. The molecular formula is C27H24N4O4. The van der Waals surface area contributed by atoms with Crippen LogP contribution in [0.2, 0.25) is 0 Å². The second-order valence-electron chi connectivity index (χ2n) is 8.21. The van der Waals surface area contributed by atoms with E-state index in [-0.39, 0.29) is 17.7 Å². The Morgan fingerprint density at radius 2 is 1.77 bits per heavy atom. The second kappa shape index (κ2) is 9.06. The van der Waals surface area contributed by atoms with Crippen molar-refractivity contribution in [2.75, 3.05) is 7.11 Å². The Morgan fingerprint density at radius 1 is 1.03 bits per heavy atom. The molecule has 8 nitrogen and oxygen atoms in total. The van der Waals surface area contributed by atoms with Crippen LogP contribution in [0.5, 0.6) is 11.5 Å². The second-order valence-corrected chi connectivity index (χ2v) is 8.21. The van der Waals surface area contributed by atoms with Gasteiger partial charge in [0, 0.05) is 18.9 Å². The van der Waals surface area contributed by atoms with Gasteiger partial charge in [0.25, 0.3) is 5.56 Å². The number of carbonyl (C=O) groups is 1. The Bertz CT molecular complexity index is 1620. The van der Waals surface area contributed by atoms with Gasteiger partial charge in [-0.05, 0) is 41.1 Å². The van der Waals surface area contributed by atoms with Crippen LogP contribution in [0, 0.1) is 0 Å². The molecule has 0 saturated heterocycles. The number of esters is 1. The van der Waals surface area contributed by atoms with E-state index in [0.717, 1.165) is 27.6 Å². The lowest BCUT2D eigenvalue weighted by molar-refractivity contribution is -0.134. The Balaban J connectivity index is 1.69. The molecule has 176 valence electrons. The van der Waals surface area contributed by atoms with Crippen molar-refractivity contribution in [2.24, 2.45) is 7.05 Å². The molecule has 0 N–H and O–H groups in total. The standard InChI is InChI=1S/C27H24N4O4/c1-4-24(32)35-23-15-29-30(2)26(23)31-16-28-25-21-8-6-5-7-20(21)18(14-22(25)27(31)33)13-17-9-11-19(34-3)12-10-17/h5-12,14-16H,4,13H2,1-3H3. The monoisotopic (exact) mass is 468 g/mol. The maximum atomic E-state index is 13.7. The highest BCUT2D eigenvalue weighted by Crippen LogP contribution is 2.29. The molecule has 0 fully saturated rings. The topological polar surface area (TPSA) is 88.2 Å². The molecule has 2 aromatic heterocycles. The number of methoxy groups -OCH3 is 1. The number of aromatic nitrogens is 4. The molecule has 35 heavy (non-hydrogen) atoms. The zero-order valence-electron chi connectivity index (χ0n) is 19.7. The van der Waals surface area contributed by atoms with Gasteiger partial charge in [0.2, 0.25) is 0 Å². The predicted molar refractivity (Wildman–Crippen MR) is 133 cm³/mol. The third-order valence-corrected chi connectivity index (χ3v) is 6.02. The Morgan fingerprint density at radius 3 is 2.49 bits per heavy atom. The lowest BCUT2D eigenvalue weighted by Gasteiger charge is -2.13. The van der Waals surface area contributed by atoms with Crippen LogP contribution < -0.4 is 15.0 Å². The number of rotatable bonds is 6. The van der Waals surface area contributed by atoms with Crippen LogP contribution in [0.1, 0.15) is 24.5 Å². The van der Waals surface area contributed by atoms with Crippen LogP contribution in [0.3, 0.4) is 0 Å². The molecule has 0 unspecified atom stereocenters. The third kappa shape index (κ3) is 4.03. The molecule has 0 bridgehead atoms. The summed E-state index contributed by atoms with van der Waals surface area (Å²) >= 11 is 0. The van der Waals surface area contributed by atoms with Crippen molar-refractivity contribution in [3.8, 4) is 17.3 Å². The fraction of sp³-hybridized carbons (Fsp3) is 0.185. The predicted octanol–water partition coefficient (Wildman–Crippen LogP) is 4.19. The maximum absolute atomic E-state index is 13.7. The normalized spacial score (nSPS) is 11.2. The molecular weight excluding hydrogens is 444 g/mol. The van der Waals surface area contributed by atoms with Gasteiger partial charge in [0.1, 0.15) is 12.1 Å². The van der Waals surface area contributed by atoms with Gasteiger partial charge in [-0.3, -0.25) is 9.59 Å². The van der Waals surface area contributed by atoms with Crippen LogP contribution in [-0.2, 0) is 18.3 Å². The van der Waals surface area contributed by atoms with Gasteiger partial charge in [-0.15, -0.1) is 0 Å². The molecule has 0 aliphatic rings. The maximum Gasteiger partial charge on any atom is 0.311 e. The number of nitrogens with zero attached hydrogens (tertiary/aromatic N) is 4. The van der Waals surface area contributed by atoms with Crippen molar-refractivity contribution in [3.05, 3.63) is 88.6 Å². The quantitative estimate of drug-likeness (QED) is 0.274. The SMILES string of the molecule is CCC(=O)Oc1cnn(C)c1-n1cnc2c(cc(Cc3ccc(OC)cc3)c3ccccc32)c1=O. The summed E-state index contributed by atoms with van der Waals surface area (Å²) in [6, 6.07) is 17.7. The first-order chi connectivity index (χ1) is 17.0. The molecule has 3 aromatic carbocycles. The smallest absolute Gasteiger partial charge is 0.311 e. The minimum Gasteiger partial charge on any atom is -0.497 e. The molecule has 0 radical (unpaired) electrons. The average molecular weight is 469 g/mol. The highest BCUT2D eigenvalue weighted by atomic mass is 16.5. The first-order valence-electron chi connectivity index (χ1n) is 11.3. The van der Waals surface area contributed by atoms with Crippen molar-refractivity contribution in [3.63, 3.8) is 0 Å². The van der Waals surface area contributed by atoms with Gasteiger partial charge >= 0.3 is 5.97 Å². The summed E-state index contributed by atoms with van der Waals surface area (Å²) in [6.45, 7) is 1.71. The lowest BCUT2D eigenvalue weighted by Crippen LogP contribution is -2.22. The average Bonchev–Trinajstić information content (AvgIpc) is 3.24. The number of benzene rings is 3. The van der Waals surface area contributed by atoms with Crippen molar-refractivity contribution in [1.82, 2.24) is 19.3 Å². The molecule has 0 atom stereocenters. The van der Waals surface area contributed by atoms with Gasteiger partial charge in [0.05, 0.1) is 24.2 Å². The number of fused-ring (bicyclic) bond motifs is 3. The van der Waals surface area contributed by atoms with Gasteiger partial charge < -0.3 is 9.47 Å².